The lowest BCUT2D eigenvalue weighted by molar-refractivity contribution is 0.242. The van der Waals surface area contributed by atoms with E-state index in [2.05, 4.69) is 15.4 Å². The van der Waals surface area contributed by atoms with Crippen LogP contribution in [0, 0.1) is 0 Å². The van der Waals surface area contributed by atoms with E-state index < -0.39 is 0 Å². The molecule has 1 aliphatic carbocycles. The number of aromatic nitrogens is 3. The highest BCUT2D eigenvalue weighted by atomic mass is 16.5. The van der Waals surface area contributed by atoms with Gasteiger partial charge in [0.2, 0.25) is 0 Å². The number of benzene rings is 1. The Bertz CT molecular complexity index is 941. The Morgan fingerprint density at radius 3 is 2.54 bits per heavy atom. The van der Waals surface area contributed by atoms with E-state index in [0.29, 0.717) is 11.7 Å². The lowest BCUT2D eigenvalue weighted by Gasteiger charge is -2.28. The van der Waals surface area contributed by atoms with Crippen LogP contribution >= 0.6 is 0 Å². The summed E-state index contributed by atoms with van der Waals surface area (Å²) in [6, 6.07) is 8.23. The van der Waals surface area contributed by atoms with Gasteiger partial charge < -0.3 is 21.5 Å². The summed E-state index contributed by atoms with van der Waals surface area (Å²) in [6.07, 6.45) is 7.74. The first kappa shape index (κ1) is 18.6. The predicted molar refractivity (Wildman–Crippen MR) is 112 cm³/mol. The second-order valence-electron chi connectivity index (χ2n) is 7.80. The summed E-state index contributed by atoms with van der Waals surface area (Å²) in [6.45, 7) is 4.03. The van der Waals surface area contributed by atoms with Crippen molar-refractivity contribution < 1.29 is 4.74 Å². The Morgan fingerprint density at radius 1 is 1.14 bits per heavy atom. The Kier molecular flexibility index (Phi) is 5.09. The van der Waals surface area contributed by atoms with Gasteiger partial charge in [-0.15, -0.1) is 5.10 Å². The maximum absolute atomic E-state index is 6.39. The van der Waals surface area contributed by atoms with Crippen LogP contribution in [0.3, 0.4) is 0 Å². The van der Waals surface area contributed by atoms with Crippen molar-refractivity contribution in [3.63, 3.8) is 0 Å². The van der Waals surface area contributed by atoms with E-state index in [1.165, 1.54) is 0 Å². The van der Waals surface area contributed by atoms with E-state index in [1.54, 1.807) is 10.7 Å². The third kappa shape index (κ3) is 3.75. The second-order valence-corrected chi connectivity index (χ2v) is 7.80. The van der Waals surface area contributed by atoms with Gasteiger partial charge in [-0.05, 0) is 69.7 Å². The van der Waals surface area contributed by atoms with Crippen molar-refractivity contribution in [1.29, 1.82) is 0 Å². The van der Waals surface area contributed by atoms with Crippen LogP contribution in [0.2, 0.25) is 0 Å². The number of nitrogens with one attached hydrogen (secondary N) is 1. The Morgan fingerprint density at radius 2 is 1.86 bits per heavy atom. The SMILES string of the molecule is CC(C)Oc1ccc(Nc2c(C3CCC(N)CC3)c(N)nn3ccnc23)cc1. The van der Waals surface area contributed by atoms with Crippen molar-refractivity contribution in [3.8, 4) is 5.75 Å². The molecule has 0 saturated heterocycles. The van der Waals surface area contributed by atoms with Gasteiger partial charge in [0, 0.05) is 29.7 Å². The van der Waals surface area contributed by atoms with Crippen LogP contribution in [0.1, 0.15) is 51.0 Å². The summed E-state index contributed by atoms with van der Waals surface area (Å²) >= 11 is 0. The van der Waals surface area contributed by atoms with Crippen LogP contribution in [0.15, 0.2) is 36.7 Å². The van der Waals surface area contributed by atoms with Gasteiger partial charge in [0.1, 0.15) is 11.6 Å². The smallest absolute Gasteiger partial charge is 0.177 e. The molecule has 1 saturated carbocycles. The van der Waals surface area contributed by atoms with Crippen LogP contribution < -0.4 is 21.5 Å². The molecule has 148 valence electrons. The molecule has 0 unspecified atom stereocenters. The molecule has 5 N–H and O–H groups in total. The minimum Gasteiger partial charge on any atom is -0.491 e. The monoisotopic (exact) mass is 380 g/mol. The summed E-state index contributed by atoms with van der Waals surface area (Å²) in [5.41, 5.74) is 16.2. The number of nitrogen functional groups attached to an aromatic ring is 1. The zero-order valence-electron chi connectivity index (χ0n) is 16.4. The summed E-state index contributed by atoms with van der Waals surface area (Å²) in [5.74, 6) is 1.73. The number of imidazole rings is 1. The normalized spacial score (nSPS) is 19.9. The number of nitrogens with zero attached hydrogens (tertiary/aromatic N) is 3. The number of fused-ring (bicyclic) bond motifs is 1. The first-order chi connectivity index (χ1) is 13.5. The molecule has 0 bridgehead atoms. The third-order valence-corrected chi connectivity index (χ3v) is 5.28. The Balaban J connectivity index is 1.70. The molecule has 7 heteroatoms. The van der Waals surface area contributed by atoms with Crippen LogP contribution in [0.5, 0.6) is 5.75 Å². The largest absolute Gasteiger partial charge is 0.491 e. The molecule has 0 spiro atoms. The van der Waals surface area contributed by atoms with Crippen molar-refractivity contribution in [2.75, 3.05) is 11.1 Å². The minimum atomic E-state index is 0.146. The van der Waals surface area contributed by atoms with Crippen molar-refractivity contribution in [1.82, 2.24) is 14.6 Å². The summed E-state index contributed by atoms with van der Waals surface area (Å²) in [7, 11) is 0. The van der Waals surface area contributed by atoms with Crippen molar-refractivity contribution in [2.45, 2.75) is 57.6 Å². The fourth-order valence-corrected chi connectivity index (χ4v) is 3.95. The number of anilines is 3. The third-order valence-electron chi connectivity index (χ3n) is 5.28. The standard InChI is InChI=1S/C21H28N6O/c1-13(2)28-17-9-7-16(8-10-17)25-19-18(14-3-5-15(22)6-4-14)20(23)26-27-12-11-24-21(19)27/h7-15,25H,3-6,22H2,1-2H3,(H2,23,26). The molecule has 0 atom stereocenters. The lowest BCUT2D eigenvalue weighted by Crippen LogP contribution is -2.26. The highest BCUT2D eigenvalue weighted by molar-refractivity contribution is 5.80. The molecule has 3 aromatic rings. The zero-order valence-corrected chi connectivity index (χ0v) is 16.4. The van der Waals surface area contributed by atoms with E-state index in [1.807, 2.05) is 44.3 Å². The average molecular weight is 380 g/mol. The minimum absolute atomic E-state index is 0.146. The molecule has 1 aliphatic rings. The molecule has 7 nitrogen and oxygen atoms in total. The van der Waals surface area contributed by atoms with Crippen LogP contribution in [-0.4, -0.2) is 26.7 Å². The molecule has 1 aromatic carbocycles. The molecular formula is C21H28N6O. The van der Waals surface area contributed by atoms with E-state index in [9.17, 15) is 0 Å². The van der Waals surface area contributed by atoms with Gasteiger partial charge in [-0.25, -0.2) is 9.50 Å². The summed E-state index contributed by atoms with van der Waals surface area (Å²) < 4.78 is 7.47. The van der Waals surface area contributed by atoms with Gasteiger partial charge in [0.25, 0.3) is 0 Å². The van der Waals surface area contributed by atoms with Crippen LogP contribution in [-0.2, 0) is 0 Å². The number of rotatable bonds is 5. The van der Waals surface area contributed by atoms with Gasteiger partial charge in [-0.3, -0.25) is 0 Å². The molecule has 2 heterocycles. The molecular weight excluding hydrogens is 352 g/mol. The second kappa shape index (κ2) is 7.67. The first-order valence-corrected chi connectivity index (χ1v) is 9.93. The van der Waals surface area contributed by atoms with Crippen molar-refractivity contribution in [2.24, 2.45) is 5.73 Å². The molecule has 2 aromatic heterocycles. The number of hydrogen-bond donors (Lipinski definition) is 3. The zero-order chi connectivity index (χ0) is 19.7. The van der Waals surface area contributed by atoms with E-state index in [-0.39, 0.29) is 12.1 Å². The predicted octanol–water partition coefficient (Wildman–Crippen LogP) is 3.83. The van der Waals surface area contributed by atoms with E-state index >= 15 is 0 Å². The lowest BCUT2D eigenvalue weighted by atomic mass is 9.81. The fourth-order valence-electron chi connectivity index (χ4n) is 3.95. The maximum Gasteiger partial charge on any atom is 0.177 e. The molecule has 0 aliphatic heterocycles. The Labute approximate surface area is 165 Å². The van der Waals surface area contributed by atoms with Crippen molar-refractivity contribution in [3.05, 3.63) is 42.2 Å². The van der Waals surface area contributed by atoms with E-state index in [0.717, 1.165) is 54.0 Å². The van der Waals surface area contributed by atoms with Crippen LogP contribution in [0.4, 0.5) is 17.2 Å². The molecule has 0 amide bonds. The Hall–Kier alpha value is -2.80. The van der Waals surface area contributed by atoms with Crippen LogP contribution in [0.25, 0.3) is 5.65 Å². The van der Waals surface area contributed by atoms with Crippen molar-refractivity contribution >= 4 is 22.8 Å². The van der Waals surface area contributed by atoms with Gasteiger partial charge >= 0.3 is 0 Å². The van der Waals surface area contributed by atoms with Gasteiger partial charge in [0.05, 0.1) is 11.8 Å². The highest BCUT2D eigenvalue weighted by Crippen LogP contribution is 2.41. The molecule has 1 fully saturated rings. The number of nitrogens with two attached hydrogens (primary N) is 2. The molecule has 28 heavy (non-hydrogen) atoms. The summed E-state index contributed by atoms with van der Waals surface area (Å²) in [4.78, 5) is 4.52. The van der Waals surface area contributed by atoms with Gasteiger partial charge in [-0.1, -0.05) is 0 Å². The fraction of sp³-hybridized carbons (Fsp3) is 0.429. The summed E-state index contributed by atoms with van der Waals surface area (Å²) in [5, 5.41) is 8.06. The van der Waals surface area contributed by atoms with Gasteiger partial charge in [0.15, 0.2) is 5.65 Å². The maximum atomic E-state index is 6.39. The quantitative estimate of drug-likeness (QED) is 0.621. The topological polar surface area (TPSA) is 103 Å². The van der Waals surface area contributed by atoms with E-state index in [4.69, 9.17) is 16.2 Å². The molecule has 0 radical (unpaired) electrons. The average Bonchev–Trinajstić information content (AvgIpc) is 3.12. The molecule has 4 rings (SSSR count). The number of ether oxygens (including phenoxy) is 1. The number of hydrogen-bond acceptors (Lipinski definition) is 6. The highest BCUT2D eigenvalue weighted by Gasteiger charge is 2.27. The van der Waals surface area contributed by atoms with Gasteiger partial charge in [-0.2, -0.15) is 0 Å². The first-order valence-electron chi connectivity index (χ1n) is 9.93.